The molecule has 0 saturated carbocycles. The Bertz CT molecular complexity index is 504. The van der Waals surface area contributed by atoms with Crippen molar-refractivity contribution in [3.63, 3.8) is 0 Å². The minimum atomic E-state index is -0.174. The molecule has 2 aliphatic rings. The maximum Gasteiger partial charge on any atom is 0.241 e. The fourth-order valence-electron chi connectivity index (χ4n) is 2.85. The van der Waals surface area contributed by atoms with Crippen LogP contribution in [0.25, 0.3) is 0 Å². The van der Waals surface area contributed by atoms with Gasteiger partial charge in [-0.25, -0.2) is 4.98 Å². The van der Waals surface area contributed by atoms with Gasteiger partial charge in [0.15, 0.2) is 0 Å². The Balaban J connectivity index is 1.68. The van der Waals surface area contributed by atoms with Crippen LogP contribution in [-0.4, -0.2) is 66.7 Å². The second-order valence-corrected chi connectivity index (χ2v) is 5.38. The largest absolute Gasteiger partial charge is 0.481 e. The van der Waals surface area contributed by atoms with E-state index < -0.39 is 0 Å². The summed E-state index contributed by atoms with van der Waals surface area (Å²) in [5, 5.41) is 3.30. The molecule has 0 aromatic carbocycles. The minimum absolute atomic E-state index is 0.174. The number of anilines is 1. The Hall–Kier alpha value is -1.89. The van der Waals surface area contributed by atoms with Crippen molar-refractivity contribution in [3.05, 3.63) is 12.3 Å². The lowest BCUT2D eigenvalue weighted by Crippen LogP contribution is -2.58. The SMILES string of the molecule is COc1ccnc(N2CCN[C@H](C(=O)N3CCCC3)C2)n1. The number of likely N-dealkylation sites (tertiary alicyclic amines) is 1. The van der Waals surface area contributed by atoms with Crippen LogP contribution < -0.4 is 15.0 Å². The minimum Gasteiger partial charge on any atom is -0.481 e. The van der Waals surface area contributed by atoms with Crippen LogP contribution in [0.2, 0.25) is 0 Å². The number of methoxy groups -OCH3 is 1. The molecule has 1 amide bonds. The van der Waals surface area contributed by atoms with Gasteiger partial charge in [-0.1, -0.05) is 0 Å². The highest BCUT2D eigenvalue weighted by molar-refractivity contribution is 5.83. The summed E-state index contributed by atoms with van der Waals surface area (Å²) in [6.45, 7) is 3.91. The quantitative estimate of drug-likeness (QED) is 0.837. The molecule has 1 aromatic rings. The zero-order valence-corrected chi connectivity index (χ0v) is 12.3. The molecule has 0 unspecified atom stereocenters. The van der Waals surface area contributed by atoms with Crippen LogP contribution in [-0.2, 0) is 4.79 Å². The lowest BCUT2D eigenvalue weighted by molar-refractivity contribution is -0.132. The fourth-order valence-corrected chi connectivity index (χ4v) is 2.85. The summed E-state index contributed by atoms with van der Waals surface area (Å²) in [5.74, 6) is 1.36. The molecule has 2 fully saturated rings. The number of hydrogen-bond donors (Lipinski definition) is 1. The van der Waals surface area contributed by atoms with Crippen molar-refractivity contribution in [1.29, 1.82) is 0 Å². The summed E-state index contributed by atoms with van der Waals surface area (Å²) < 4.78 is 5.13. The Morgan fingerprint density at radius 3 is 2.95 bits per heavy atom. The number of carbonyl (C=O) groups is 1. The van der Waals surface area contributed by atoms with Gasteiger partial charge in [0.25, 0.3) is 0 Å². The maximum absolute atomic E-state index is 12.5. The van der Waals surface area contributed by atoms with Crippen LogP contribution in [0.4, 0.5) is 5.95 Å². The van der Waals surface area contributed by atoms with Gasteiger partial charge in [0.05, 0.1) is 7.11 Å². The van der Waals surface area contributed by atoms with Gasteiger partial charge in [-0.15, -0.1) is 0 Å². The van der Waals surface area contributed by atoms with Crippen LogP contribution in [0.15, 0.2) is 12.3 Å². The molecule has 0 radical (unpaired) electrons. The molecule has 0 spiro atoms. The lowest BCUT2D eigenvalue weighted by Gasteiger charge is -2.34. The van der Waals surface area contributed by atoms with E-state index in [9.17, 15) is 4.79 Å². The molecular weight excluding hydrogens is 270 g/mol. The van der Waals surface area contributed by atoms with E-state index in [4.69, 9.17) is 4.74 Å². The third kappa shape index (κ3) is 3.07. The number of carbonyl (C=O) groups excluding carboxylic acids is 1. The molecular formula is C14H21N5O2. The molecule has 3 heterocycles. The zero-order chi connectivity index (χ0) is 14.7. The van der Waals surface area contributed by atoms with Gasteiger partial charge in [-0.3, -0.25) is 4.79 Å². The maximum atomic E-state index is 12.5. The van der Waals surface area contributed by atoms with Gasteiger partial charge >= 0.3 is 0 Å². The molecule has 21 heavy (non-hydrogen) atoms. The molecule has 1 N–H and O–H groups in total. The van der Waals surface area contributed by atoms with Crippen LogP contribution in [0.5, 0.6) is 5.88 Å². The molecule has 7 heteroatoms. The van der Waals surface area contributed by atoms with Crippen LogP contribution >= 0.6 is 0 Å². The average molecular weight is 291 g/mol. The summed E-state index contributed by atoms with van der Waals surface area (Å²) in [6, 6.07) is 1.55. The van der Waals surface area contributed by atoms with Gasteiger partial charge in [0.2, 0.25) is 17.7 Å². The highest BCUT2D eigenvalue weighted by atomic mass is 16.5. The van der Waals surface area contributed by atoms with Crippen LogP contribution in [0.1, 0.15) is 12.8 Å². The van der Waals surface area contributed by atoms with E-state index in [-0.39, 0.29) is 11.9 Å². The molecule has 0 aliphatic carbocycles. The smallest absolute Gasteiger partial charge is 0.241 e. The Labute approximate surface area is 124 Å². The van der Waals surface area contributed by atoms with Gasteiger partial charge in [-0.2, -0.15) is 4.98 Å². The van der Waals surface area contributed by atoms with Gasteiger partial charge in [-0.05, 0) is 12.8 Å². The molecule has 114 valence electrons. The first-order valence-electron chi connectivity index (χ1n) is 7.42. The molecule has 3 rings (SSSR count). The van der Waals surface area contributed by atoms with Gasteiger partial charge in [0, 0.05) is 45.0 Å². The fraction of sp³-hybridized carbons (Fsp3) is 0.643. The second kappa shape index (κ2) is 6.26. The van der Waals surface area contributed by atoms with Crippen LogP contribution in [0.3, 0.4) is 0 Å². The second-order valence-electron chi connectivity index (χ2n) is 5.38. The van der Waals surface area contributed by atoms with Crippen molar-refractivity contribution in [1.82, 2.24) is 20.2 Å². The van der Waals surface area contributed by atoms with E-state index in [1.807, 2.05) is 9.80 Å². The first-order valence-corrected chi connectivity index (χ1v) is 7.42. The third-order valence-electron chi connectivity index (χ3n) is 4.00. The molecule has 2 aliphatic heterocycles. The zero-order valence-electron chi connectivity index (χ0n) is 12.3. The molecule has 7 nitrogen and oxygen atoms in total. The van der Waals surface area contributed by atoms with Crippen molar-refractivity contribution in [3.8, 4) is 5.88 Å². The van der Waals surface area contributed by atoms with Gasteiger partial charge in [0.1, 0.15) is 6.04 Å². The summed E-state index contributed by atoms with van der Waals surface area (Å²) >= 11 is 0. The standard InChI is InChI=1S/C14H21N5O2/c1-21-12-4-5-16-14(17-12)19-9-6-15-11(10-19)13(20)18-7-2-3-8-18/h4-5,11,15H,2-3,6-10H2,1H3/t11-/m0/s1. The lowest BCUT2D eigenvalue weighted by atomic mass is 10.2. The first-order chi connectivity index (χ1) is 10.3. The van der Waals surface area contributed by atoms with Crippen molar-refractivity contribution in [2.45, 2.75) is 18.9 Å². The van der Waals surface area contributed by atoms with E-state index in [1.54, 1.807) is 19.4 Å². The number of hydrogen-bond acceptors (Lipinski definition) is 6. The van der Waals surface area contributed by atoms with E-state index in [2.05, 4.69) is 15.3 Å². The third-order valence-corrected chi connectivity index (χ3v) is 4.00. The molecule has 1 aromatic heterocycles. The van der Waals surface area contributed by atoms with Crippen molar-refractivity contribution in [2.24, 2.45) is 0 Å². The Morgan fingerprint density at radius 1 is 1.38 bits per heavy atom. The van der Waals surface area contributed by atoms with E-state index in [0.717, 1.165) is 39.0 Å². The average Bonchev–Trinajstić information content (AvgIpc) is 3.09. The summed E-state index contributed by atoms with van der Waals surface area (Å²) in [4.78, 5) is 25.1. The van der Waals surface area contributed by atoms with Crippen molar-refractivity contribution < 1.29 is 9.53 Å². The molecule has 2 saturated heterocycles. The van der Waals surface area contributed by atoms with Gasteiger partial charge < -0.3 is 19.9 Å². The van der Waals surface area contributed by atoms with Crippen LogP contribution in [0, 0.1) is 0 Å². The number of aromatic nitrogens is 2. The van der Waals surface area contributed by atoms with E-state index >= 15 is 0 Å². The van der Waals surface area contributed by atoms with E-state index in [0.29, 0.717) is 18.4 Å². The summed E-state index contributed by atoms with van der Waals surface area (Å²) in [5.41, 5.74) is 0. The highest BCUT2D eigenvalue weighted by Gasteiger charge is 2.31. The van der Waals surface area contributed by atoms with Crippen molar-refractivity contribution in [2.75, 3.05) is 44.7 Å². The predicted octanol–water partition coefficient (Wildman–Crippen LogP) is -0.114. The highest BCUT2D eigenvalue weighted by Crippen LogP contribution is 2.16. The van der Waals surface area contributed by atoms with E-state index in [1.165, 1.54) is 0 Å². The number of nitrogens with one attached hydrogen (secondary N) is 1. The summed E-state index contributed by atoms with van der Waals surface area (Å²) in [6.07, 6.45) is 3.91. The molecule has 1 atom stereocenters. The number of ether oxygens (including phenoxy) is 1. The monoisotopic (exact) mass is 291 g/mol. The predicted molar refractivity (Wildman–Crippen MR) is 78.4 cm³/mol. The topological polar surface area (TPSA) is 70.6 Å². The number of amides is 1. The first kappa shape index (κ1) is 14.1. The number of rotatable bonds is 3. The normalized spacial score (nSPS) is 22.4. The number of piperazine rings is 1. The Kier molecular flexibility index (Phi) is 4.19. The Morgan fingerprint density at radius 2 is 2.19 bits per heavy atom. The van der Waals surface area contributed by atoms with Crippen molar-refractivity contribution >= 4 is 11.9 Å². The summed E-state index contributed by atoms with van der Waals surface area (Å²) in [7, 11) is 1.59. The number of nitrogens with zero attached hydrogens (tertiary/aromatic N) is 4. The molecule has 0 bridgehead atoms.